The molecule has 7 heavy (non-hydrogen) atoms. The number of nitrogens with one attached hydrogen (secondary N) is 1. The van der Waals surface area contributed by atoms with Gasteiger partial charge in [-0.05, 0) is 6.42 Å². The van der Waals surface area contributed by atoms with Crippen molar-refractivity contribution in [1.82, 2.24) is 10.9 Å². The van der Waals surface area contributed by atoms with Crippen molar-refractivity contribution in [2.75, 3.05) is 13.1 Å². The third-order valence-corrected chi connectivity index (χ3v) is 0.898. The van der Waals surface area contributed by atoms with Gasteiger partial charge in [0.25, 0.3) is 0 Å². The number of hydrogen-bond acceptors (Lipinski definition) is 1. The van der Waals surface area contributed by atoms with Crippen molar-refractivity contribution in [3.8, 4) is 0 Å². The van der Waals surface area contributed by atoms with Gasteiger partial charge in [0, 0.05) is 13.1 Å². The summed E-state index contributed by atoms with van der Waals surface area (Å²) < 4.78 is 0. The Balaban J connectivity index is 2.20. The summed E-state index contributed by atoms with van der Waals surface area (Å²) in [4.78, 5) is 0. The highest BCUT2D eigenvalue weighted by Crippen LogP contribution is 1.82. The fraction of sp³-hybridized carbons (Fsp3) is 0.600. The minimum absolute atomic E-state index is 0.833. The molecule has 2 nitrogen and oxygen atoms in total. The van der Waals surface area contributed by atoms with Gasteiger partial charge in [-0.15, -0.1) is 0 Å². The van der Waals surface area contributed by atoms with Crippen molar-refractivity contribution in [1.29, 1.82) is 0 Å². The van der Waals surface area contributed by atoms with Crippen LogP contribution in [0.25, 0.3) is 0 Å². The SMILES string of the molecule is C1=CC[N]NCC1. The minimum Gasteiger partial charge on any atom is -0.240 e. The Morgan fingerprint density at radius 3 is 3.43 bits per heavy atom. The van der Waals surface area contributed by atoms with E-state index in [1.807, 2.05) is 0 Å². The molecule has 0 bridgehead atoms. The Morgan fingerprint density at radius 1 is 1.43 bits per heavy atom. The van der Waals surface area contributed by atoms with Gasteiger partial charge in [-0.25, -0.2) is 5.43 Å². The van der Waals surface area contributed by atoms with Crippen molar-refractivity contribution in [3.63, 3.8) is 0 Å². The van der Waals surface area contributed by atoms with Gasteiger partial charge in [-0.2, -0.15) is 5.43 Å². The first-order valence-electron chi connectivity index (χ1n) is 2.54. The molecule has 0 aromatic rings. The summed E-state index contributed by atoms with van der Waals surface area (Å²) in [5, 5.41) is 0. The van der Waals surface area contributed by atoms with Crippen LogP contribution in [0.1, 0.15) is 6.42 Å². The summed E-state index contributed by atoms with van der Waals surface area (Å²) in [5.74, 6) is 0. The van der Waals surface area contributed by atoms with E-state index in [2.05, 4.69) is 23.0 Å². The largest absolute Gasteiger partial charge is 0.240 e. The van der Waals surface area contributed by atoms with E-state index in [1.165, 1.54) is 0 Å². The van der Waals surface area contributed by atoms with Crippen LogP contribution >= 0.6 is 0 Å². The molecule has 1 radical (unpaired) electrons. The second kappa shape index (κ2) is 2.77. The number of nitrogens with zero attached hydrogens (tertiary/aromatic N) is 1. The second-order valence-electron chi connectivity index (χ2n) is 1.51. The lowest BCUT2D eigenvalue weighted by molar-refractivity contribution is 0.573. The van der Waals surface area contributed by atoms with Crippen molar-refractivity contribution in [2.24, 2.45) is 0 Å². The van der Waals surface area contributed by atoms with Crippen molar-refractivity contribution >= 4 is 0 Å². The van der Waals surface area contributed by atoms with E-state index >= 15 is 0 Å². The Hall–Kier alpha value is -0.340. The Morgan fingerprint density at radius 2 is 2.43 bits per heavy atom. The van der Waals surface area contributed by atoms with E-state index < -0.39 is 0 Å². The lowest BCUT2D eigenvalue weighted by atomic mass is 10.4. The summed E-state index contributed by atoms with van der Waals surface area (Å²) in [5.41, 5.74) is 6.84. The summed E-state index contributed by atoms with van der Waals surface area (Å²) in [6.07, 6.45) is 5.33. The van der Waals surface area contributed by atoms with Gasteiger partial charge in [0.2, 0.25) is 0 Å². The molecular weight excluding hydrogens is 88.1 g/mol. The topological polar surface area (TPSA) is 26.1 Å². The first kappa shape index (κ1) is 4.81. The molecule has 0 aromatic heterocycles. The van der Waals surface area contributed by atoms with Gasteiger partial charge in [-0.1, -0.05) is 12.2 Å². The molecule has 0 saturated carbocycles. The highest BCUT2D eigenvalue weighted by Gasteiger charge is 1.86. The van der Waals surface area contributed by atoms with E-state index in [4.69, 9.17) is 0 Å². The maximum atomic E-state index is 3.93. The van der Waals surface area contributed by atoms with Crippen molar-refractivity contribution in [3.05, 3.63) is 12.2 Å². The normalized spacial score (nSPS) is 21.7. The molecule has 2 heteroatoms. The molecule has 0 aliphatic carbocycles. The van der Waals surface area contributed by atoms with Crippen molar-refractivity contribution < 1.29 is 0 Å². The molecule has 0 fully saturated rings. The summed E-state index contributed by atoms with van der Waals surface area (Å²) in [6, 6.07) is 0. The van der Waals surface area contributed by atoms with Crippen LogP contribution in [0.5, 0.6) is 0 Å². The zero-order valence-electron chi connectivity index (χ0n) is 4.22. The van der Waals surface area contributed by atoms with Gasteiger partial charge in [0.1, 0.15) is 0 Å². The van der Waals surface area contributed by atoms with Crippen LogP contribution in [0.4, 0.5) is 0 Å². The monoisotopic (exact) mass is 97.1 g/mol. The Bertz CT molecular complexity index is 60.5. The molecule has 0 amide bonds. The summed E-state index contributed by atoms with van der Waals surface area (Å²) in [6.45, 7) is 1.83. The number of hydrogen-bond donors (Lipinski definition) is 1. The van der Waals surface area contributed by atoms with E-state index in [-0.39, 0.29) is 0 Å². The predicted octanol–water partition coefficient (Wildman–Crippen LogP) is 0.0553. The molecule has 1 rings (SSSR count). The van der Waals surface area contributed by atoms with Crippen LogP contribution in [-0.4, -0.2) is 13.1 Å². The maximum absolute atomic E-state index is 3.93. The van der Waals surface area contributed by atoms with Crippen LogP contribution in [0.3, 0.4) is 0 Å². The average molecular weight is 97.1 g/mol. The first-order valence-corrected chi connectivity index (χ1v) is 2.54. The second-order valence-corrected chi connectivity index (χ2v) is 1.51. The highest BCUT2D eigenvalue weighted by molar-refractivity contribution is 4.85. The zero-order chi connectivity index (χ0) is 4.95. The Kier molecular flexibility index (Phi) is 1.90. The van der Waals surface area contributed by atoms with E-state index in [1.54, 1.807) is 0 Å². The molecular formula is C5H9N2. The Labute approximate surface area is 43.6 Å². The average Bonchev–Trinajstić information content (AvgIpc) is 1.90. The summed E-state index contributed by atoms with van der Waals surface area (Å²) >= 11 is 0. The van der Waals surface area contributed by atoms with Gasteiger partial charge in [0.05, 0.1) is 0 Å². The third-order valence-electron chi connectivity index (χ3n) is 0.898. The van der Waals surface area contributed by atoms with E-state index in [9.17, 15) is 0 Å². The molecule has 1 heterocycles. The molecule has 1 aliphatic heterocycles. The quantitative estimate of drug-likeness (QED) is 0.425. The van der Waals surface area contributed by atoms with Gasteiger partial charge in [0.15, 0.2) is 0 Å². The van der Waals surface area contributed by atoms with Gasteiger partial charge < -0.3 is 0 Å². The minimum atomic E-state index is 0.833. The van der Waals surface area contributed by atoms with Crippen molar-refractivity contribution in [2.45, 2.75) is 6.42 Å². The number of rotatable bonds is 0. The van der Waals surface area contributed by atoms with E-state index in [0.717, 1.165) is 19.5 Å². The zero-order valence-corrected chi connectivity index (χ0v) is 4.22. The van der Waals surface area contributed by atoms with Crippen LogP contribution in [0, 0.1) is 0 Å². The molecule has 1 N–H and O–H groups in total. The highest BCUT2D eigenvalue weighted by atomic mass is 15.3. The molecule has 0 atom stereocenters. The fourth-order valence-electron chi connectivity index (χ4n) is 0.537. The lowest BCUT2D eigenvalue weighted by Crippen LogP contribution is -2.23. The van der Waals surface area contributed by atoms with E-state index in [0.29, 0.717) is 0 Å². The predicted molar refractivity (Wildman–Crippen MR) is 28.8 cm³/mol. The third kappa shape index (κ3) is 1.71. The molecule has 0 aromatic carbocycles. The summed E-state index contributed by atoms with van der Waals surface area (Å²) in [7, 11) is 0. The maximum Gasteiger partial charge on any atom is 0.0485 e. The standard InChI is InChI=1S/C5H9N2/c1-2-4-6-7-5-3-1/h1-2,7H,3-5H2. The smallest absolute Gasteiger partial charge is 0.0485 e. The molecule has 0 unspecified atom stereocenters. The molecule has 0 saturated heterocycles. The van der Waals surface area contributed by atoms with Crippen LogP contribution in [0.2, 0.25) is 0 Å². The van der Waals surface area contributed by atoms with Crippen LogP contribution < -0.4 is 10.9 Å². The molecule has 39 valence electrons. The van der Waals surface area contributed by atoms with Crippen LogP contribution in [-0.2, 0) is 0 Å². The first-order chi connectivity index (χ1) is 3.50. The molecule has 1 aliphatic rings. The lowest BCUT2D eigenvalue weighted by Gasteiger charge is -1.92. The van der Waals surface area contributed by atoms with Crippen LogP contribution in [0.15, 0.2) is 12.2 Å². The van der Waals surface area contributed by atoms with Gasteiger partial charge in [-0.3, -0.25) is 0 Å². The van der Waals surface area contributed by atoms with Gasteiger partial charge >= 0.3 is 0 Å². The molecule has 0 spiro atoms. The fourth-order valence-corrected chi connectivity index (χ4v) is 0.537.